The number of aryl methyl sites for hydroxylation is 1. The summed E-state index contributed by atoms with van der Waals surface area (Å²) in [4.78, 5) is 44.3. The van der Waals surface area contributed by atoms with Gasteiger partial charge in [-0.15, -0.1) is 11.3 Å². The highest BCUT2D eigenvalue weighted by Gasteiger charge is 2.49. The Kier molecular flexibility index (Phi) is 4.73. The summed E-state index contributed by atoms with van der Waals surface area (Å²) in [5, 5.41) is 4.57. The molecule has 1 aromatic carbocycles. The van der Waals surface area contributed by atoms with E-state index in [4.69, 9.17) is 9.47 Å². The van der Waals surface area contributed by atoms with Crippen molar-refractivity contribution < 1.29 is 19.1 Å². The zero-order valence-electron chi connectivity index (χ0n) is 16.9. The summed E-state index contributed by atoms with van der Waals surface area (Å²) < 4.78 is 12.0. The molecule has 156 valence electrons. The molecule has 0 aliphatic carbocycles. The molecule has 1 aliphatic rings. The van der Waals surface area contributed by atoms with Crippen LogP contribution in [0.15, 0.2) is 34.4 Å². The molecule has 1 fully saturated rings. The molecule has 30 heavy (non-hydrogen) atoms. The monoisotopic (exact) mass is 428 g/mol. The molecule has 4 rings (SSSR count). The first kappa shape index (κ1) is 19.9. The molecule has 1 saturated heterocycles. The molecule has 3 aromatic rings. The number of urea groups is 1. The van der Waals surface area contributed by atoms with Gasteiger partial charge in [-0.2, -0.15) is 0 Å². The number of ether oxygens (including phenoxy) is 2. The third kappa shape index (κ3) is 3.00. The highest BCUT2D eigenvalue weighted by Crippen LogP contribution is 2.35. The molecule has 0 spiro atoms. The van der Waals surface area contributed by atoms with Gasteiger partial charge in [-0.3, -0.25) is 18.9 Å². The Morgan fingerprint density at radius 3 is 2.57 bits per heavy atom. The molecule has 0 radical (unpaired) electrons. The summed E-state index contributed by atoms with van der Waals surface area (Å²) in [5.74, 6) is 0.525. The van der Waals surface area contributed by atoms with Gasteiger partial charge in [0.2, 0.25) is 0 Å². The normalized spacial score (nSPS) is 18.7. The Hall–Kier alpha value is -3.40. The topological polar surface area (TPSA) is 102 Å². The number of carbonyl (C=O) groups is 2. The highest BCUT2D eigenvalue weighted by atomic mass is 32.1. The van der Waals surface area contributed by atoms with Crippen molar-refractivity contribution in [3.8, 4) is 11.5 Å². The van der Waals surface area contributed by atoms with Crippen LogP contribution in [0.4, 0.5) is 4.79 Å². The smallest absolute Gasteiger partial charge is 0.325 e. The Labute approximate surface area is 175 Å². The Morgan fingerprint density at radius 2 is 1.87 bits per heavy atom. The lowest BCUT2D eigenvalue weighted by Crippen LogP contribution is -2.40. The number of hydrogen-bond donors (Lipinski definition) is 1. The summed E-state index contributed by atoms with van der Waals surface area (Å²) in [6.07, 6.45) is 0. The molecule has 1 atom stereocenters. The fraction of sp³-hybridized carbons (Fsp3) is 0.300. The fourth-order valence-corrected chi connectivity index (χ4v) is 4.42. The summed E-state index contributed by atoms with van der Waals surface area (Å²) in [6, 6.07) is 5.83. The number of methoxy groups -OCH3 is 2. The average molecular weight is 428 g/mol. The van der Waals surface area contributed by atoms with Crippen molar-refractivity contribution in [3.63, 3.8) is 0 Å². The molecule has 1 unspecified atom stereocenters. The molecule has 9 nitrogen and oxygen atoms in total. The van der Waals surface area contributed by atoms with E-state index in [1.165, 1.54) is 36.0 Å². The van der Waals surface area contributed by atoms with Crippen LogP contribution in [0.25, 0.3) is 4.96 Å². The molecule has 1 aliphatic heterocycles. The number of amides is 3. The van der Waals surface area contributed by atoms with Crippen LogP contribution in [0, 0.1) is 6.92 Å². The number of carbonyl (C=O) groups excluding carboxylic acids is 2. The molecular weight excluding hydrogens is 408 g/mol. The minimum Gasteiger partial charge on any atom is -0.493 e. The Bertz CT molecular complexity index is 1230. The fourth-order valence-electron chi connectivity index (χ4n) is 3.53. The number of fused-ring (bicyclic) bond motifs is 1. The van der Waals surface area contributed by atoms with E-state index in [0.29, 0.717) is 27.7 Å². The minimum absolute atomic E-state index is 0.101. The molecule has 0 bridgehead atoms. The molecule has 3 heterocycles. The van der Waals surface area contributed by atoms with Crippen LogP contribution in [0.2, 0.25) is 0 Å². The second-order valence-electron chi connectivity index (χ2n) is 7.10. The second kappa shape index (κ2) is 7.13. The van der Waals surface area contributed by atoms with Gasteiger partial charge < -0.3 is 14.8 Å². The van der Waals surface area contributed by atoms with Gasteiger partial charge in [0.05, 0.1) is 26.5 Å². The van der Waals surface area contributed by atoms with Gasteiger partial charge in [0.15, 0.2) is 16.5 Å². The summed E-state index contributed by atoms with van der Waals surface area (Å²) in [6.45, 7) is 3.34. The lowest BCUT2D eigenvalue weighted by molar-refractivity contribution is -0.131. The number of imide groups is 1. The van der Waals surface area contributed by atoms with Crippen LogP contribution in [-0.4, -0.2) is 40.4 Å². The Morgan fingerprint density at radius 1 is 1.13 bits per heavy atom. The number of nitrogens with zero attached hydrogens (tertiary/aromatic N) is 3. The van der Waals surface area contributed by atoms with E-state index in [0.717, 1.165) is 10.6 Å². The Balaban J connectivity index is 1.67. The van der Waals surface area contributed by atoms with Gasteiger partial charge >= 0.3 is 6.03 Å². The zero-order valence-corrected chi connectivity index (χ0v) is 17.7. The van der Waals surface area contributed by atoms with Crippen molar-refractivity contribution in [1.82, 2.24) is 19.6 Å². The van der Waals surface area contributed by atoms with E-state index >= 15 is 0 Å². The van der Waals surface area contributed by atoms with E-state index in [9.17, 15) is 14.4 Å². The maximum Gasteiger partial charge on any atom is 0.325 e. The van der Waals surface area contributed by atoms with Crippen LogP contribution in [0.1, 0.15) is 23.9 Å². The quantitative estimate of drug-likeness (QED) is 0.624. The van der Waals surface area contributed by atoms with E-state index in [1.54, 1.807) is 25.1 Å². The first-order valence-corrected chi connectivity index (χ1v) is 10.00. The summed E-state index contributed by atoms with van der Waals surface area (Å²) >= 11 is 1.33. The van der Waals surface area contributed by atoms with Crippen molar-refractivity contribution >= 4 is 28.2 Å². The van der Waals surface area contributed by atoms with Gasteiger partial charge in [0, 0.05) is 17.1 Å². The number of hydrogen-bond acceptors (Lipinski definition) is 7. The number of nitrogens with one attached hydrogen (secondary N) is 1. The standard InChI is InChI=1S/C20H20N4O5S/c1-11-10-30-19-21-13(8-16(25)24(11)19)9-23-17(26)20(2,22-18(23)27)12-5-6-14(28-3)15(7-12)29-4/h5-8,10H,9H2,1-4H3,(H,22,27). The van der Waals surface area contributed by atoms with Crippen molar-refractivity contribution in [2.45, 2.75) is 25.9 Å². The van der Waals surface area contributed by atoms with E-state index < -0.39 is 17.5 Å². The number of thiazole rings is 1. The third-order valence-corrected chi connectivity index (χ3v) is 6.13. The molecule has 2 aromatic heterocycles. The summed E-state index contributed by atoms with van der Waals surface area (Å²) in [5.41, 5.74) is 0.161. The molecule has 0 saturated carbocycles. The maximum atomic E-state index is 13.2. The third-order valence-electron chi connectivity index (χ3n) is 5.18. The van der Waals surface area contributed by atoms with Crippen molar-refractivity contribution in [1.29, 1.82) is 0 Å². The van der Waals surface area contributed by atoms with Gasteiger partial charge in [0.25, 0.3) is 11.5 Å². The van der Waals surface area contributed by atoms with Crippen molar-refractivity contribution in [2.75, 3.05) is 14.2 Å². The van der Waals surface area contributed by atoms with Gasteiger partial charge in [-0.05, 0) is 31.5 Å². The minimum atomic E-state index is -1.28. The lowest BCUT2D eigenvalue weighted by atomic mass is 9.91. The molecular formula is C20H20N4O5S. The number of rotatable bonds is 5. The second-order valence-corrected chi connectivity index (χ2v) is 7.93. The van der Waals surface area contributed by atoms with Gasteiger partial charge in [0.1, 0.15) is 5.54 Å². The maximum absolute atomic E-state index is 13.2. The predicted molar refractivity (Wildman–Crippen MR) is 110 cm³/mol. The predicted octanol–water partition coefficient (Wildman–Crippen LogP) is 2.05. The SMILES string of the molecule is COc1ccc(C2(C)NC(=O)N(Cc3cc(=O)n4c(C)csc4n3)C2=O)cc1OC. The molecule has 1 N–H and O–H groups in total. The van der Waals surface area contributed by atoms with E-state index in [2.05, 4.69) is 10.3 Å². The molecule has 10 heteroatoms. The first-order chi connectivity index (χ1) is 14.3. The summed E-state index contributed by atoms with van der Waals surface area (Å²) in [7, 11) is 3.02. The highest BCUT2D eigenvalue weighted by molar-refractivity contribution is 7.15. The van der Waals surface area contributed by atoms with Crippen LogP contribution >= 0.6 is 11.3 Å². The average Bonchev–Trinajstić information content (AvgIpc) is 3.20. The van der Waals surface area contributed by atoms with E-state index in [1.807, 2.05) is 12.3 Å². The van der Waals surface area contributed by atoms with Gasteiger partial charge in [-0.25, -0.2) is 9.78 Å². The largest absolute Gasteiger partial charge is 0.493 e. The van der Waals surface area contributed by atoms with Crippen LogP contribution < -0.4 is 20.3 Å². The zero-order chi connectivity index (χ0) is 21.6. The van der Waals surface area contributed by atoms with Crippen molar-refractivity contribution in [3.05, 3.63) is 57.0 Å². The van der Waals surface area contributed by atoms with Crippen LogP contribution in [0.5, 0.6) is 11.5 Å². The first-order valence-electron chi connectivity index (χ1n) is 9.12. The van der Waals surface area contributed by atoms with Crippen LogP contribution in [0.3, 0.4) is 0 Å². The van der Waals surface area contributed by atoms with Crippen molar-refractivity contribution in [2.24, 2.45) is 0 Å². The molecule has 3 amide bonds. The van der Waals surface area contributed by atoms with E-state index in [-0.39, 0.29) is 12.1 Å². The van der Waals surface area contributed by atoms with Crippen LogP contribution in [-0.2, 0) is 16.9 Å². The van der Waals surface area contributed by atoms with Gasteiger partial charge in [-0.1, -0.05) is 6.07 Å². The number of aromatic nitrogens is 2. The number of benzene rings is 1. The lowest BCUT2D eigenvalue weighted by Gasteiger charge is -2.23.